The first-order chi connectivity index (χ1) is 10.2. The Bertz CT molecular complexity index is 401. The molecule has 0 saturated carbocycles. The van der Waals surface area contributed by atoms with Gasteiger partial charge in [0.05, 0.1) is 11.1 Å². The number of methoxy groups -OCH3 is 1. The molecule has 0 aromatic heterocycles. The SMILES string of the molecule is CCC(N)Cc1cccc(Br)c1OCCOCCCOC. The van der Waals surface area contributed by atoms with Crippen molar-refractivity contribution >= 4 is 15.9 Å². The molecule has 1 aromatic carbocycles. The number of benzene rings is 1. The molecular weight excluding hydrogens is 334 g/mol. The van der Waals surface area contributed by atoms with E-state index in [1.54, 1.807) is 7.11 Å². The Balaban J connectivity index is 2.42. The van der Waals surface area contributed by atoms with Crippen LogP contribution in [0.15, 0.2) is 22.7 Å². The molecule has 2 N–H and O–H groups in total. The highest BCUT2D eigenvalue weighted by Crippen LogP contribution is 2.30. The second-order valence-corrected chi connectivity index (χ2v) is 5.76. The van der Waals surface area contributed by atoms with Crippen LogP contribution in [0.3, 0.4) is 0 Å². The van der Waals surface area contributed by atoms with Crippen LogP contribution in [-0.2, 0) is 15.9 Å². The summed E-state index contributed by atoms with van der Waals surface area (Å²) in [5, 5.41) is 0. The molecule has 5 heteroatoms. The number of hydrogen-bond donors (Lipinski definition) is 1. The van der Waals surface area contributed by atoms with Crippen molar-refractivity contribution in [2.24, 2.45) is 5.73 Å². The lowest BCUT2D eigenvalue weighted by Crippen LogP contribution is -2.22. The van der Waals surface area contributed by atoms with E-state index in [9.17, 15) is 0 Å². The van der Waals surface area contributed by atoms with Gasteiger partial charge in [0.2, 0.25) is 0 Å². The van der Waals surface area contributed by atoms with Gasteiger partial charge in [-0.25, -0.2) is 0 Å². The van der Waals surface area contributed by atoms with E-state index in [4.69, 9.17) is 19.9 Å². The number of nitrogens with two attached hydrogens (primary N) is 1. The second-order valence-electron chi connectivity index (χ2n) is 4.91. The lowest BCUT2D eigenvalue weighted by molar-refractivity contribution is 0.0802. The van der Waals surface area contributed by atoms with Crippen LogP contribution in [0.1, 0.15) is 25.3 Å². The molecule has 1 atom stereocenters. The van der Waals surface area contributed by atoms with Gasteiger partial charge in [-0.2, -0.15) is 0 Å². The summed E-state index contributed by atoms with van der Waals surface area (Å²) in [6.07, 6.45) is 2.68. The summed E-state index contributed by atoms with van der Waals surface area (Å²) in [4.78, 5) is 0. The van der Waals surface area contributed by atoms with E-state index in [0.29, 0.717) is 19.8 Å². The highest BCUT2D eigenvalue weighted by atomic mass is 79.9. The summed E-state index contributed by atoms with van der Waals surface area (Å²) in [5.41, 5.74) is 7.18. The standard InChI is InChI=1S/C16H26BrNO3/c1-3-14(18)12-13-6-4-7-15(17)16(13)21-11-10-20-9-5-8-19-2/h4,6-7,14H,3,5,8-12,18H2,1-2H3. The maximum atomic E-state index is 6.04. The van der Waals surface area contributed by atoms with E-state index >= 15 is 0 Å². The van der Waals surface area contributed by atoms with Crippen LogP contribution < -0.4 is 10.5 Å². The molecule has 0 bridgehead atoms. The normalized spacial score (nSPS) is 12.4. The first kappa shape index (κ1) is 18.4. The number of halogens is 1. The van der Waals surface area contributed by atoms with Crippen LogP contribution in [0.4, 0.5) is 0 Å². The first-order valence-corrected chi connectivity index (χ1v) is 8.20. The number of para-hydroxylation sites is 1. The van der Waals surface area contributed by atoms with Gasteiger partial charge in [-0.3, -0.25) is 0 Å². The fourth-order valence-electron chi connectivity index (χ4n) is 1.91. The molecule has 0 amide bonds. The van der Waals surface area contributed by atoms with Crippen molar-refractivity contribution in [2.45, 2.75) is 32.2 Å². The minimum atomic E-state index is 0.159. The summed E-state index contributed by atoms with van der Waals surface area (Å²) in [7, 11) is 1.69. The van der Waals surface area contributed by atoms with E-state index in [0.717, 1.165) is 41.7 Å². The Kier molecular flexibility index (Phi) is 9.67. The van der Waals surface area contributed by atoms with E-state index in [1.807, 2.05) is 12.1 Å². The Morgan fingerprint density at radius 1 is 1.19 bits per heavy atom. The molecule has 0 heterocycles. The third-order valence-electron chi connectivity index (χ3n) is 3.17. The van der Waals surface area contributed by atoms with Gasteiger partial charge in [-0.05, 0) is 46.8 Å². The van der Waals surface area contributed by atoms with Crippen molar-refractivity contribution in [3.05, 3.63) is 28.2 Å². The summed E-state index contributed by atoms with van der Waals surface area (Å²) >= 11 is 3.54. The highest BCUT2D eigenvalue weighted by molar-refractivity contribution is 9.10. The van der Waals surface area contributed by atoms with Crippen LogP contribution in [0.5, 0.6) is 5.75 Å². The van der Waals surface area contributed by atoms with Gasteiger partial charge < -0.3 is 19.9 Å². The molecule has 0 spiro atoms. The zero-order valence-electron chi connectivity index (χ0n) is 12.9. The predicted octanol–water partition coefficient (Wildman–Crippen LogP) is 3.16. The van der Waals surface area contributed by atoms with Crippen molar-refractivity contribution in [2.75, 3.05) is 33.5 Å². The van der Waals surface area contributed by atoms with Gasteiger partial charge in [-0.1, -0.05) is 19.1 Å². The second kappa shape index (κ2) is 11.0. The molecule has 0 fully saturated rings. The summed E-state index contributed by atoms with van der Waals surface area (Å²) in [6, 6.07) is 6.22. The van der Waals surface area contributed by atoms with E-state index in [1.165, 1.54) is 0 Å². The topological polar surface area (TPSA) is 53.7 Å². The lowest BCUT2D eigenvalue weighted by Gasteiger charge is -2.16. The largest absolute Gasteiger partial charge is 0.490 e. The minimum absolute atomic E-state index is 0.159. The van der Waals surface area contributed by atoms with Crippen molar-refractivity contribution in [3.8, 4) is 5.75 Å². The Labute approximate surface area is 136 Å². The first-order valence-electron chi connectivity index (χ1n) is 7.41. The molecular formula is C16H26BrNO3. The third kappa shape index (κ3) is 7.27. The Morgan fingerprint density at radius 2 is 2.00 bits per heavy atom. The van der Waals surface area contributed by atoms with E-state index in [2.05, 4.69) is 28.9 Å². The molecule has 0 saturated heterocycles. The average molecular weight is 360 g/mol. The van der Waals surface area contributed by atoms with Gasteiger partial charge in [0, 0.05) is 26.4 Å². The maximum Gasteiger partial charge on any atom is 0.136 e. The molecule has 0 aliphatic heterocycles. The highest BCUT2D eigenvalue weighted by Gasteiger charge is 2.11. The van der Waals surface area contributed by atoms with Crippen molar-refractivity contribution in [1.29, 1.82) is 0 Å². The summed E-state index contributed by atoms with van der Waals surface area (Å²) < 4.78 is 17.3. The van der Waals surface area contributed by atoms with Gasteiger partial charge in [0.25, 0.3) is 0 Å². The van der Waals surface area contributed by atoms with Crippen LogP contribution in [0, 0.1) is 0 Å². The Morgan fingerprint density at radius 3 is 2.71 bits per heavy atom. The van der Waals surface area contributed by atoms with Crippen LogP contribution in [-0.4, -0.2) is 39.6 Å². The lowest BCUT2D eigenvalue weighted by atomic mass is 10.0. The molecule has 120 valence electrons. The van der Waals surface area contributed by atoms with Crippen molar-refractivity contribution < 1.29 is 14.2 Å². The smallest absolute Gasteiger partial charge is 0.136 e. The van der Waals surface area contributed by atoms with Gasteiger partial charge in [-0.15, -0.1) is 0 Å². The average Bonchev–Trinajstić information content (AvgIpc) is 2.48. The summed E-state index contributed by atoms with van der Waals surface area (Å²) in [5.74, 6) is 0.877. The minimum Gasteiger partial charge on any atom is -0.490 e. The molecule has 1 aromatic rings. The van der Waals surface area contributed by atoms with E-state index in [-0.39, 0.29) is 6.04 Å². The van der Waals surface area contributed by atoms with E-state index < -0.39 is 0 Å². The van der Waals surface area contributed by atoms with Crippen LogP contribution in [0.2, 0.25) is 0 Å². The molecule has 0 aliphatic carbocycles. The number of ether oxygens (including phenoxy) is 3. The zero-order valence-corrected chi connectivity index (χ0v) is 14.5. The van der Waals surface area contributed by atoms with Gasteiger partial charge >= 0.3 is 0 Å². The maximum absolute atomic E-state index is 6.04. The fraction of sp³-hybridized carbons (Fsp3) is 0.625. The Hall–Kier alpha value is -0.620. The molecule has 1 unspecified atom stereocenters. The van der Waals surface area contributed by atoms with Crippen LogP contribution in [0.25, 0.3) is 0 Å². The van der Waals surface area contributed by atoms with Gasteiger partial charge in [0.15, 0.2) is 0 Å². The van der Waals surface area contributed by atoms with Crippen LogP contribution >= 0.6 is 15.9 Å². The van der Waals surface area contributed by atoms with Gasteiger partial charge in [0.1, 0.15) is 12.4 Å². The number of hydrogen-bond acceptors (Lipinski definition) is 4. The third-order valence-corrected chi connectivity index (χ3v) is 3.79. The number of rotatable bonds is 11. The fourth-order valence-corrected chi connectivity index (χ4v) is 2.43. The predicted molar refractivity (Wildman–Crippen MR) is 88.9 cm³/mol. The molecule has 1 rings (SSSR count). The molecule has 21 heavy (non-hydrogen) atoms. The molecule has 4 nitrogen and oxygen atoms in total. The van der Waals surface area contributed by atoms with Crippen molar-refractivity contribution in [3.63, 3.8) is 0 Å². The molecule has 0 radical (unpaired) electrons. The van der Waals surface area contributed by atoms with Crippen molar-refractivity contribution in [1.82, 2.24) is 0 Å². The summed E-state index contributed by atoms with van der Waals surface area (Å²) in [6.45, 7) is 4.62. The monoisotopic (exact) mass is 359 g/mol. The zero-order chi connectivity index (χ0) is 15.5. The quantitative estimate of drug-likeness (QED) is 0.616. The molecule has 0 aliphatic rings.